The van der Waals surface area contributed by atoms with Crippen LogP contribution in [0.2, 0.25) is 0 Å². The van der Waals surface area contributed by atoms with Crippen LogP contribution in [0.5, 0.6) is 0 Å². The Labute approximate surface area is 156 Å². The zero-order valence-corrected chi connectivity index (χ0v) is 16.0. The summed E-state index contributed by atoms with van der Waals surface area (Å²) in [5, 5.41) is 2.46. The summed E-state index contributed by atoms with van der Waals surface area (Å²) >= 11 is 0. The Morgan fingerprint density at radius 1 is 0.962 bits per heavy atom. The molecule has 0 saturated carbocycles. The number of pyridine rings is 1. The average molecular weight is 348 g/mol. The highest BCUT2D eigenvalue weighted by molar-refractivity contribution is 5.84. The molecular weight excluding hydrogens is 320 g/mol. The summed E-state index contributed by atoms with van der Waals surface area (Å²) in [5.41, 5.74) is 3.70. The van der Waals surface area contributed by atoms with Crippen molar-refractivity contribution < 1.29 is 4.79 Å². The van der Waals surface area contributed by atoms with Gasteiger partial charge in [0.2, 0.25) is 6.41 Å². The summed E-state index contributed by atoms with van der Waals surface area (Å²) < 4.78 is 0. The molecule has 0 spiro atoms. The molecule has 1 amide bonds. The minimum atomic E-state index is 0.797. The molecular formula is C23H28N2O. The normalized spacial score (nSPS) is 10.1. The number of aryl methyl sites for hydroxylation is 1. The lowest BCUT2D eigenvalue weighted by atomic mass is 10.0. The van der Waals surface area contributed by atoms with Crippen molar-refractivity contribution in [2.24, 2.45) is 0 Å². The van der Waals surface area contributed by atoms with Crippen LogP contribution in [0.3, 0.4) is 0 Å². The Kier molecular flexibility index (Phi) is 7.81. The van der Waals surface area contributed by atoms with Crippen LogP contribution in [0.1, 0.15) is 37.1 Å². The summed E-state index contributed by atoms with van der Waals surface area (Å²) in [5.74, 6) is 0. The van der Waals surface area contributed by atoms with Gasteiger partial charge in [-0.15, -0.1) is 0 Å². The van der Waals surface area contributed by atoms with Crippen LogP contribution >= 0.6 is 0 Å². The number of benzene rings is 2. The monoisotopic (exact) mass is 348 g/mol. The molecule has 3 aromatic rings. The number of aromatic nitrogens is 1. The molecule has 3 nitrogen and oxygen atoms in total. The van der Waals surface area contributed by atoms with E-state index in [-0.39, 0.29) is 0 Å². The summed E-state index contributed by atoms with van der Waals surface area (Å²) in [6.45, 7) is 4.80. The van der Waals surface area contributed by atoms with Crippen LogP contribution in [-0.4, -0.2) is 29.9 Å². The molecule has 2 aromatic carbocycles. The minimum absolute atomic E-state index is 0.797. The van der Waals surface area contributed by atoms with Gasteiger partial charge < -0.3 is 4.90 Å². The van der Waals surface area contributed by atoms with Crippen LogP contribution in [0.4, 0.5) is 0 Å². The Bertz CT molecular complexity index is 807. The van der Waals surface area contributed by atoms with Gasteiger partial charge in [0.25, 0.3) is 0 Å². The van der Waals surface area contributed by atoms with Gasteiger partial charge in [0.15, 0.2) is 0 Å². The van der Waals surface area contributed by atoms with E-state index in [2.05, 4.69) is 59.6 Å². The van der Waals surface area contributed by atoms with Crippen LogP contribution < -0.4 is 0 Å². The van der Waals surface area contributed by atoms with Crippen molar-refractivity contribution in [1.29, 1.82) is 0 Å². The third-order valence-electron chi connectivity index (χ3n) is 4.31. The first-order valence-electron chi connectivity index (χ1n) is 9.32. The third-order valence-corrected chi connectivity index (χ3v) is 4.31. The lowest BCUT2D eigenvalue weighted by Gasteiger charge is -2.10. The van der Waals surface area contributed by atoms with E-state index in [4.69, 9.17) is 0 Å². The largest absolute Gasteiger partial charge is 0.348 e. The second-order valence-corrected chi connectivity index (χ2v) is 6.16. The molecule has 0 bridgehead atoms. The topological polar surface area (TPSA) is 33.2 Å². The Morgan fingerprint density at radius 2 is 1.65 bits per heavy atom. The predicted molar refractivity (Wildman–Crippen MR) is 109 cm³/mol. The van der Waals surface area contributed by atoms with Gasteiger partial charge in [-0.1, -0.05) is 62.4 Å². The van der Waals surface area contributed by atoms with Gasteiger partial charge in [-0.2, -0.15) is 0 Å². The smallest absolute Gasteiger partial charge is 0.209 e. The molecule has 3 rings (SSSR count). The summed E-state index contributed by atoms with van der Waals surface area (Å²) in [7, 11) is 1.81. The lowest BCUT2D eigenvalue weighted by molar-refractivity contribution is -0.117. The number of fused-ring (bicyclic) bond motifs is 1. The molecule has 0 aliphatic rings. The highest BCUT2D eigenvalue weighted by Crippen LogP contribution is 2.19. The predicted octanol–water partition coefficient (Wildman–Crippen LogP) is 4.87. The van der Waals surface area contributed by atoms with Crippen LogP contribution in [0.25, 0.3) is 10.8 Å². The summed E-state index contributed by atoms with van der Waals surface area (Å²) in [6.07, 6.45) is 5.58. The van der Waals surface area contributed by atoms with Crippen molar-refractivity contribution >= 4 is 17.2 Å². The molecule has 3 heteroatoms. The van der Waals surface area contributed by atoms with Gasteiger partial charge >= 0.3 is 0 Å². The molecule has 0 aliphatic carbocycles. The number of carbonyl (C=O) groups is 1. The fraction of sp³-hybridized carbons (Fsp3) is 0.304. The van der Waals surface area contributed by atoms with Crippen molar-refractivity contribution in [2.45, 2.75) is 33.1 Å². The van der Waals surface area contributed by atoms with Crippen molar-refractivity contribution in [3.05, 3.63) is 77.6 Å². The molecule has 0 radical (unpaired) electrons. The standard InChI is InChI=1S/C21H22N2O.C2H6/c1-23(16-24)14-4-5-17-8-10-18(11-9-17)15-21-20-7-3-2-6-19(20)12-13-22-21;1-2/h2-3,6-13,16H,4-5,14-15H2,1H3;1-2H3. The maximum absolute atomic E-state index is 10.6. The Morgan fingerprint density at radius 3 is 2.38 bits per heavy atom. The summed E-state index contributed by atoms with van der Waals surface area (Å²) in [4.78, 5) is 16.8. The second-order valence-electron chi connectivity index (χ2n) is 6.16. The van der Waals surface area contributed by atoms with E-state index in [1.165, 1.54) is 21.9 Å². The molecule has 0 N–H and O–H groups in total. The fourth-order valence-electron chi connectivity index (χ4n) is 2.93. The van der Waals surface area contributed by atoms with Crippen molar-refractivity contribution in [1.82, 2.24) is 9.88 Å². The second kappa shape index (κ2) is 10.3. The van der Waals surface area contributed by atoms with Crippen LogP contribution in [-0.2, 0) is 17.6 Å². The number of hydrogen-bond acceptors (Lipinski definition) is 2. The van der Waals surface area contributed by atoms with E-state index in [1.54, 1.807) is 4.90 Å². The minimum Gasteiger partial charge on any atom is -0.348 e. The highest BCUT2D eigenvalue weighted by atomic mass is 16.1. The van der Waals surface area contributed by atoms with Gasteiger partial charge in [-0.3, -0.25) is 9.78 Å². The first kappa shape index (κ1) is 19.6. The van der Waals surface area contributed by atoms with E-state index in [0.717, 1.165) is 37.9 Å². The molecule has 1 aromatic heterocycles. The molecule has 0 atom stereocenters. The Hall–Kier alpha value is -2.68. The first-order valence-corrected chi connectivity index (χ1v) is 9.32. The van der Waals surface area contributed by atoms with E-state index in [9.17, 15) is 4.79 Å². The maximum atomic E-state index is 10.6. The first-order chi connectivity index (χ1) is 12.8. The van der Waals surface area contributed by atoms with Gasteiger partial charge in [0.05, 0.1) is 5.69 Å². The number of carbonyl (C=O) groups excluding carboxylic acids is 1. The molecule has 0 unspecified atom stereocenters. The van der Waals surface area contributed by atoms with E-state index < -0.39 is 0 Å². The average Bonchev–Trinajstić information content (AvgIpc) is 2.71. The zero-order chi connectivity index (χ0) is 18.8. The summed E-state index contributed by atoms with van der Waals surface area (Å²) in [6, 6.07) is 19.2. The van der Waals surface area contributed by atoms with Crippen molar-refractivity contribution in [3.8, 4) is 0 Å². The highest BCUT2D eigenvalue weighted by Gasteiger charge is 2.04. The molecule has 26 heavy (non-hydrogen) atoms. The van der Waals surface area contributed by atoms with Crippen molar-refractivity contribution in [3.63, 3.8) is 0 Å². The maximum Gasteiger partial charge on any atom is 0.209 e. The Balaban J connectivity index is 0.00000117. The molecule has 1 heterocycles. The van der Waals surface area contributed by atoms with Crippen LogP contribution in [0, 0.1) is 0 Å². The number of hydrogen-bond donors (Lipinski definition) is 0. The number of rotatable bonds is 7. The zero-order valence-electron chi connectivity index (χ0n) is 16.0. The molecule has 0 saturated heterocycles. The molecule has 0 fully saturated rings. The van der Waals surface area contributed by atoms with Gasteiger partial charge in [0, 0.05) is 31.6 Å². The van der Waals surface area contributed by atoms with E-state index in [1.807, 2.05) is 27.1 Å². The SMILES string of the molecule is CC.CN(C=O)CCCc1ccc(Cc2nccc3ccccc23)cc1. The van der Waals surface area contributed by atoms with Gasteiger partial charge in [-0.25, -0.2) is 0 Å². The van der Waals surface area contributed by atoms with Crippen molar-refractivity contribution in [2.75, 3.05) is 13.6 Å². The molecule has 0 aliphatic heterocycles. The quantitative estimate of drug-likeness (QED) is 0.571. The van der Waals surface area contributed by atoms with E-state index >= 15 is 0 Å². The fourth-order valence-corrected chi connectivity index (χ4v) is 2.93. The van der Waals surface area contributed by atoms with Gasteiger partial charge in [-0.05, 0) is 35.4 Å². The molecule has 136 valence electrons. The van der Waals surface area contributed by atoms with Crippen LogP contribution in [0.15, 0.2) is 60.8 Å². The number of nitrogens with zero attached hydrogens (tertiary/aromatic N) is 2. The van der Waals surface area contributed by atoms with Gasteiger partial charge in [0.1, 0.15) is 0 Å². The number of amides is 1. The lowest BCUT2D eigenvalue weighted by Crippen LogP contribution is -2.17. The third kappa shape index (κ3) is 5.41. The van der Waals surface area contributed by atoms with E-state index in [0.29, 0.717) is 0 Å².